The largest absolute Gasteiger partial charge is 0.324 e. The van der Waals surface area contributed by atoms with Crippen molar-refractivity contribution in [2.45, 2.75) is 30.3 Å². The number of thiazole rings is 1. The molecule has 1 atom stereocenters. The number of benzene rings is 1. The molecule has 1 fully saturated rings. The van der Waals surface area contributed by atoms with Crippen molar-refractivity contribution in [3.05, 3.63) is 40.8 Å². The Hall–Kier alpha value is -1.48. The van der Waals surface area contributed by atoms with Crippen LogP contribution in [0.5, 0.6) is 0 Å². The van der Waals surface area contributed by atoms with Crippen molar-refractivity contribution in [2.75, 3.05) is 6.54 Å². The average Bonchev–Trinajstić information content (AvgIpc) is 3.19. The number of piperidine rings is 1. The summed E-state index contributed by atoms with van der Waals surface area (Å²) >= 11 is 7.70. The van der Waals surface area contributed by atoms with Gasteiger partial charge in [-0.3, -0.25) is 0 Å². The van der Waals surface area contributed by atoms with Crippen molar-refractivity contribution in [2.24, 2.45) is 7.05 Å². The van der Waals surface area contributed by atoms with Crippen molar-refractivity contribution < 1.29 is 8.42 Å². The number of fused-ring (bicyclic) bond motifs is 1. The number of rotatable bonds is 3. The highest BCUT2D eigenvalue weighted by molar-refractivity contribution is 7.89. The minimum atomic E-state index is -3.77. The number of sulfonamides is 1. The summed E-state index contributed by atoms with van der Waals surface area (Å²) < 4.78 is 30.4. The fourth-order valence-electron chi connectivity index (χ4n) is 3.15. The monoisotopic (exact) mass is 396 g/mol. The molecule has 0 bridgehead atoms. The second kappa shape index (κ2) is 6.35. The Morgan fingerprint density at radius 3 is 2.80 bits per heavy atom. The lowest BCUT2D eigenvalue weighted by Gasteiger charge is -2.32. The molecule has 1 aliphatic rings. The van der Waals surface area contributed by atoms with Crippen LogP contribution in [0.25, 0.3) is 10.2 Å². The molecule has 0 saturated carbocycles. The van der Waals surface area contributed by atoms with Crippen LogP contribution in [-0.2, 0) is 17.1 Å². The van der Waals surface area contributed by atoms with E-state index in [9.17, 15) is 8.42 Å². The van der Waals surface area contributed by atoms with E-state index in [1.807, 2.05) is 24.3 Å². The standard InChI is InChI=1S/C16H17ClN4O2S2/c1-20-10-18-16(14(20)17)25(22,23)21-9-5-4-7-12(21)15-19-11-6-2-3-8-13(11)24-15/h2-3,6,8,10,12H,4-5,7,9H2,1H3. The van der Waals surface area contributed by atoms with Crippen LogP contribution in [0.1, 0.15) is 30.3 Å². The first kappa shape index (κ1) is 17.0. The van der Waals surface area contributed by atoms with Gasteiger partial charge in [-0.1, -0.05) is 30.2 Å². The normalized spacial score (nSPS) is 19.5. The first-order chi connectivity index (χ1) is 12.0. The molecule has 1 unspecified atom stereocenters. The number of imidazole rings is 1. The molecule has 132 valence electrons. The minimum Gasteiger partial charge on any atom is -0.324 e. The molecule has 0 aliphatic carbocycles. The molecule has 9 heteroatoms. The summed E-state index contributed by atoms with van der Waals surface area (Å²) in [4.78, 5) is 8.69. The lowest BCUT2D eigenvalue weighted by molar-refractivity contribution is 0.255. The van der Waals surface area contributed by atoms with Crippen molar-refractivity contribution in [3.8, 4) is 0 Å². The Morgan fingerprint density at radius 1 is 1.28 bits per heavy atom. The summed E-state index contributed by atoms with van der Waals surface area (Å²) in [5.74, 6) is 0. The summed E-state index contributed by atoms with van der Waals surface area (Å²) in [6.07, 6.45) is 3.98. The van der Waals surface area contributed by atoms with E-state index in [0.29, 0.717) is 6.54 Å². The summed E-state index contributed by atoms with van der Waals surface area (Å²) in [7, 11) is -2.09. The van der Waals surface area contributed by atoms with Crippen LogP contribution in [0, 0.1) is 0 Å². The molecular weight excluding hydrogens is 380 g/mol. The fourth-order valence-corrected chi connectivity index (χ4v) is 6.39. The van der Waals surface area contributed by atoms with E-state index in [-0.39, 0.29) is 16.2 Å². The number of hydrogen-bond acceptors (Lipinski definition) is 5. The summed E-state index contributed by atoms with van der Waals surface area (Å²) in [6.45, 7) is 0.454. The molecular formula is C16H17ClN4O2S2. The third-order valence-corrected chi connectivity index (χ3v) is 7.97. The van der Waals surface area contributed by atoms with E-state index < -0.39 is 10.0 Å². The van der Waals surface area contributed by atoms with E-state index in [1.165, 1.54) is 15.2 Å². The van der Waals surface area contributed by atoms with Crippen LogP contribution < -0.4 is 0 Å². The molecule has 1 aromatic carbocycles. The van der Waals surface area contributed by atoms with Crippen LogP contribution in [0.4, 0.5) is 0 Å². The van der Waals surface area contributed by atoms with E-state index in [0.717, 1.165) is 34.5 Å². The smallest absolute Gasteiger partial charge is 0.264 e. The Balaban J connectivity index is 1.77. The Labute approximate surface area is 155 Å². The van der Waals surface area contributed by atoms with E-state index in [2.05, 4.69) is 9.97 Å². The van der Waals surface area contributed by atoms with Gasteiger partial charge in [-0.25, -0.2) is 18.4 Å². The Morgan fingerprint density at radius 2 is 2.08 bits per heavy atom. The molecule has 0 amide bonds. The molecule has 0 spiro atoms. The van der Waals surface area contributed by atoms with Gasteiger partial charge in [-0.15, -0.1) is 11.3 Å². The van der Waals surface area contributed by atoms with E-state index >= 15 is 0 Å². The lowest BCUT2D eigenvalue weighted by atomic mass is 10.1. The maximum atomic E-state index is 13.2. The number of aryl methyl sites for hydroxylation is 1. The summed E-state index contributed by atoms with van der Waals surface area (Å²) in [6, 6.07) is 7.59. The second-order valence-electron chi connectivity index (χ2n) is 6.10. The average molecular weight is 397 g/mol. The van der Waals surface area contributed by atoms with Crippen molar-refractivity contribution in [3.63, 3.8) is 0 Å². The SMILES string of the molecule is Cn1cnc(S(=O)(=O)N2CCCCC2c2nc3ccccc3s2)c1Cl. The molecule has 2 aromatic heterocycles. The molecule has 0 N–H and O–H groups in total. The van der Waals surface area contributed by atoms with Gasteiger partial charge < -0.3 is 4.57 Å². The van der Waals surface area contributed by atoms with Gasteiger partial charge in [0.25, 0.3) is 10.0 Å². The van der Waals surface area contributed by atoms with Gasteiger partial charge >= 0.3 is 0 Å². The van der Waals surface area contributed by atoms with Crippen LogP contribution in [-0.4, -0.2) is 33.8 Å². The van der Waals surface area contributed by atoms with Crippen molar-refractivity contribution >= 4 is 43.2 Å². The number of aromatic nitrogens is 3. The van der Waals surface area contributed by atoms with E-state index in [4.69, 9.17) is 11.6 Å². The van der Waals surface area contributed by atoms with Crippen molar-refractivity contribution in [1.29, 1.82) is 0 Å². The Bertz CT molecular complexity index is 995. The minimum absolute atomic E-state index is 0.0790. The van der Waals surface area contributed by atoms with E-state index in [1.54, 1.807) is 18.4 Å². The first-order valence-electron chi connectivity index (χ1n) is 8.02. The number of nitrogens with zero attached hydrogens (tertiary/aromatic N) is 4. The maximum Gasteiger partial charge on any atom is 0.264 e. The third-order valence-electron chi connectivity index (χ3n) is 4.44. The fraction of sp³-hybridized carbons (Fsp3) is 0.375. The maximum absolute atomic E-state index is 13.2. The van der Waals surface area contributed by atoms with Gasteiger partial charge in [0.1, 0.15) is 10.2 Å². The number of halogens is 1. The quantitative estimate of drug-likeness (QED) is 0.678. The Kier molecular flexibility index (Phi) is 4.31. The van der Waals surface area contributed by atoms with Gasteiger partial charge in [0.05, 0.1) is 22.6 Å². The highest BCUT2D eigenvalue weighted by Gasteiger charge is 2.38. The second-order valence-corrected chi connectivity index (χ2v) is 9.32. The molecule has 0 radical (unpaired) electrons. The summed E-state index contributed by atoms with van der Waals surface area (Å²) in [5, 5.41) is 0.884. The number of para-hydroxylation sites is 1. The third kappa shape index (κ3) is 2.87. The summed E-state index contributed by atoms with van der Waals surface area (Å²) in [5.41, 5.74) is 0.904. The molecule has 6 nitrogen and oxygen atoms in total. The zero-order valence-corrected chi connectivity index (χ0v) is 16.0. The first-order valence-corrected chi connectivity index (χ1v) is 10.7. The van der Waals surface area contributed by atoms with Gasteiger partial charge in [0.2, 0.25) is 5.03 Å². The molecule has 1 saturated heterocycles. The lowest BCUT2D eigenvalue weighted by Crippen LogP contribution is -2.38. The topological polar surface area (TPSA) is 68.1 Å². The van der Waals surface area contributed by atoms with Gasteiger partial charge in [0, 0.05) is 13.6 Å². The zero-order chi connectivity index (χ0) is 17.6. The van der Waals surface area contributed by atoms with Crippen LogP contribution in [0.2, 0.25) is 5.15 Å². The van der Waals surface area contributed by atoms with Gasteiger partial charge in [0.15, 0.2) is 0 Å². The van der Waals surface area contributed by atoms with Gasteiger partial charge in [-0.05, 0) is 25.0 Å². The van der Waals surface area contributed by atoms with Crippen LogP contribution >= 0.6 is 22.9 Å². The van der Waals surface area contributed by atoms with Crippen LogP contribution in [0.15, 0.2) is 35.6 Å². The zero-order valence-electron chi connectivity index (χ0n) is 13.6. The molecule has 3 heterocycles. The predicted molar refractivity (Wildman–Crippen MR) is 98.3 cm³/mol. The highest BCUT2D eigenvalue weighted by Crippen LogP contribution is 2.39. The molecule has 25 heavy (non-hydrogen) atoms. The van der Waals surface area contributed by atoms with Crippen LogP contribution in [0.3, 0.4) is 0 Å². The van der Waals surface area contributed by atoms with Crippen molar-refractivity contribution in [1.82, 2.24) is 18.8 Å². The molecule has 3 aromatic rings. The number of hydrogen-bond donors (Lipinski definition) is 0. The van der Waals surface area contributed by atoms with Gasteiger partial charge in [-0.2, -0.15) is 4.31 Å². The molecule has 1 aliphatic heterocycles. The predicted octanol–water partition coefficient (Wildman–Crippen LogP) is 3.60. The molecule has 4 rings (SSSR count). The highest BCUT2D eigenvalue weighted by atomic mass is 35.5.